The summed E-state index contributed by atoms with van der Waals surface area (Å²) in [5, 5.41) is 0. The molecule has 0 atom stereocenters. The first kappa shape index (κ1) is 16.5. The van der Waals surface area contributed by atoms with Crippen LogP contribution in [0.5, 0.6) is 0 Å². The van der Waals surface area contributed by atoms with Crippen molar-refractivity contribution in [3.05, 3.63) is 0 Å². The van der Waals surface area contributed by atoms with Gasteiger partial charge < -0.3 is 14.7 Å². The Morgan fingerprint density at radius 1 is 1.17 bits per heavy atom. The molecule has 0 aliphatic carbocycles. The van der Waals surface area contributed by atoms with Crippen LogP contribution in [0, 0.1) is 0 Å². The van der Waals surface area contributed by atoms with Crippen LogP contribution in [0.4, 0.5) is 0 Å². The maximum Gasteiger partial charge on any atom is 1.00 e. The molecule has 0 aromatic rings. The SMILES string of the molecule is [O-]P([O-])O.[Rb+].[Rb+]. The molecule has 0 unspecified atom stereocenters. The zero-order chi connectivity index (χ0) is 3.58. The van der Waals surface area contributed by atoms with Crippen LogP contribution in [-0.4, -0.2) is 4.89 Å². The first-order valence-electron chi connectivity index (χ1n) is 0.565. The van der Waals surface area contributed by atoms with E-state index in [2.05, 4.69) is 0 Å². The van der Waals surface area contributed by atoms with E-state index in [-0.39, 0.29) is 116 Å². The van der Waals surface area contributed by atoms with Gasteiger partial charge in [-0.15, -0.1) is 0 Å². The summed E-state index contributed by atoms with van der Waals surface area (Å²) in [6, 6.07) is 0. The third-order valence-corrected chi connectivity index (χ3v) is 0. The monoisotopic (exact) mass is 250 g/mol. The molecule has 0 aromatic heterocycles. The van der Waals surface area contributed by atoms with Crippen molar-refractivity contribution in [1.29, 1.82) is 0 Å². The fourth-order valence-electron chi connectivity index (χ4n) is 0. The van der Waals surface area contributed by atoms with E-state index in [0.29, 0.717) is 0 Å². The Kier molecular flexibility index (Phi) is 32.1. The molecule has 0 amide bonds. The third kappa shape index (κ3) is 24.7. The van der Waals surface area contributed by atoms with Gasteiger partial charge in [-0.1, -0.05) is 0 Å². The fraction of sp³-hybridized carbons (Fsp3) is 0. The number of hydrogen-bond acceptors (Lipinski definition) is 3. The van der Waals surface area contributed by atoms with Crippen molar-refractivity contribution in [2.24, 2.45) is 0 Å². The van der Waals surface area contributed by atoms with Crippen molar-refractivity contribution < 1.29 is 131 Å². The molecule has 6 heteroatoms. The maximum absolute atomic E-state index is 8.59. The molecule has 0 aliphatic rings. The van der Waals surface area contributed by atoms with Crippen LogP contribution < -0.4 is 126 Å². The molecule has 0 radical (unpaired) electrons. The second-order valence-corrected chi connectivity index (χ2v) is 0.714. The molecule has 0 spiro atoms. The van der Waals surface area contributed by atoms with Gasteiger partial charge in [-0.25, -0.2) is 0 Å². The van der Waals surface area contributed by atoms with Crippen molar-refractivity contribution in [1.82, 2.24) is 0 Å². The fourth-order valence-corrected chi connectivity index (χ4v) is 0. The van der Waals surface area contributed by atoms with Gasteiger partial charge in [-0.3, -0.25) is 0 Å². The van der Waals surface area contributed by atoms with Crippen molar-refractivity contribution in [3.63, 3.8) is 0 Å². The number of hydrogen-bond donors (Lipinski definition) is 1. The van der Waals surface area contributed by atoms with Crippen LogP contribution >= 0.6 is 8.60 Å². The quantitative estimate of drug-likeness (QED) is 0.435. The van der Waals surface area contributed by atoms with Gasteiger partial charge in [0.25, 0.3) is 0 Å². The van der Waals surface area contributed by atoms with E-state index in [9.17, 15) is 0 Å². The third-order valence-electron chi connectivity index (χ3n) is 0. The van der Waals surface area contributed by atoms with E-state index in [4.69, 9.17) is 14.7 Å². The first-order chi connectivity index (χ1) is 1.73. The summed E-state index contributed by atoms with van der Waals surface area (Å²) >= 11 is 0. The van der Waals surface area contributed by atoms with Crippen LogP contribution in [-0.2, 0) is 0 Å². The molecular formula is HO3PRb2. The molecule has 3 nitrogen and oxygen atoms in total. The van der Waals surface area contributed by atoms with Gasteiger partial charge in [0.1, 0.15) is 0 Å². The van der Waals surface area contributed by atoms with Crippen LogP contribution in [0.15, 0.2) is 0 Å². The molecule has 0 heterocycles. The molecule has 0 rings (SSSR count). The zero-order valence-electron chi connectivity index (χ0n) is 3.71. The molecule has 0 bridgehead atoms. The van der Waals surface area contributed by atoms with Gasteiger partial charge in [-0.05, 0) is 0 Å². The second kappa shape index (κ2) is 11.7. The van der Waals surface area contributed by atoms with E-state index in [0.717, 1.165) is 0 Å². The topological polar surface area (TPSA) is 66.3 Å². The summed E-state index contributed by atoms with van der Waals surface area (Å²) in [4.78, 5) is 24.2. The minimum absolute atomic E-state index is 0. The Morgan fingerprint density at radius 3 is 1.17 bits per heavy atom. The van der Waals surface area contributed by atoms with Crippen LogP contribution in [0.1, 0.15) is 0 Å². The van der Waals surface area contributed by atoms with Crippen LogP contribution in [0.3, 0.4) is 0 Å². The maximum atomic E-state index is 8.59. The Bertz CT molecular complexity index is 13.5. The normalized spacial score (nSPS) is 6.00. The largest absolute Gasteiger partial charge is 1.00 e. The summed E-state index contributed by atoms with van der Waals surface area (Å²) in [5.41, 5.74) is 0. The molecule has 0 saturated heterocycles. The molecule has 26 valence electrons. The molecule has 1 N–H and O–H groups in total. The zero-order valence-corrected chi connectivity index (χ0v) is 14.4. The smallest absolute Gasteiger partial charge is 0.820 e. The average molecular weight is 251 g/mol. The molecule has 0 aromatic carbocycles. The summed E-state index contributed by atoms with van der Waals surface area (Å²) in [5.74, 6) is 0. The van der Waals surface area contributed by atoms with Crippen LogP contribution in [0.25, 0.3) is 0 Å². The Labute approximate surface area is 135 Å². The van der Waals surface area contributed by atoms with E-state index >= 15 is 0 Å². The summed E-state index contributed by atoms with van der Waals surface area (Å²) < 4.78 is 0. The van der Waals surface area contributed by atoms with Crippen molar-refractivity contribution >= 4 is 8.60 Å². The van der Waals surface area contributed by atoms with Gasteiger partial charge in [0.15, 0.2) is 0 Å². The first-order valence-corrected chi connectivity index (χ1v) is 1.70. The van der Waals surface area contributed by atoms with Crippen LogP contribution in [0.2, 0.25) is 0 Å². The molecule has 6 heavy (non-hydrogen) atoms. The van der Waals surface area contributed by atoms with Gasteiger partial charge in [0.2, 0.25) is 0 Å². The summed E-state index contributed by atoms with van der Waals surface area (Å²) in [7, 11) is -3.12. The second-order valence-electron chi connectivity index (χ2n) is 0.238. The van der Waals surface area contributed by atoms with E-state index in [1.54, 1.807) is 0 Å². The van der Waals surface area contributed by atoms with Gasteiger partial charge in [0, 0.05) is 0 Å². The molecule has 0 fully saturated rings. The van der Waals surface area contributed by atoms with Gasteiger partial charge in [0.05, 0.1) is 0 Å². The minimum Gasteiger partial charge on any atom is -0.820 e. The standard InChI is InChI=1S/HO3P.2Rb/c1-4(2)3;;/h1H;;/q-2;2*+1. The van der Waals surface area contributed by atoms with E-state index in [1.165, 1.54) is 0 Å². The minimum atomic E-state index is -3.12. The molecular weight excluding hydrogens is 250 g/mol. The van der Waals surface area contributed by atoms with Gasteiger partial charge in [-0.2, -0.15) is 8.60 Å². The predicted octanol–water partition coefficient (Wildman–Crippen LogP) is -8.07. The molecule has 0 saturated carbocycles. The van der Waals surface area contributed by atoms with Crippen molar-refractivity contribution in [3.8, 4) is 0 Å². The van der Waals surface area contributed by atoms with Crippen molar-refractivity contribution in [2.75, 3.05) is 0 Å². The summed E-state index contributed by atoms with van der Waals surface area (Å²) in [6.07, 6.45) is 0. The predicted molar refractivity (Wildman–Crippen MR) is 9.14 cm³/mol. The van der Waals surface area contributed by atoms with E-state index < -0.39 is 8.60 Å². The van der Waals surface area contributed by atoms with E-state index in [1.807, 2.05) is 0 Å². The summed E-state index contributed by atoms with van der Waals surface area (Å²) in [6.45, 7) is 0. The Morgan fingerprint density at radius 2 is 1.17 bits per heavy atom. The molecule has 0 aliphatic heterocycles. The Hall–Kier alpha value is 3.92. The number of rotatable bonds is 0. The average Bonchev–Trinajstić information content (AvgIpc) is 0.811. The van der Waals surface area contributed by atoms with Crippen molar-refractivity contribution in [2.45, 2.75) is 0 Å². The Balaban J connectivity index is -0.0000000450. The van der Waals surface area contributed by atoms with Gasteiger partial charge >= 0.3 is 116 Å².